The molecule has 25 heavy (non-hydrogen) atoms. The van der Waals surface area contributed by atoms with Gasteiger partial charge in [0.15, 0.2) is 5.82 Å². The van der Waals surface area contributed by atoms with Crippen LogP contribution in [-0.4, -0.2) is 26.4 Å². The maximum atomic E-state index is 4.51. The molecule has 1 aliphatic carbocycles. The molecule has 6 nitrogen and oxygen atoms in total. The molecule has 0 spiro atoms. The average Bonchev–Trinajstić information content (AvgIpc) is 3.17. The monoisotopic (exact) mass is 330 g/mol. The van der Waals surface area contributed by atoms with Gasteiger partial charge in [0.25, 0.3) is 0 Å². The van der Waals surface area contributed by atoms with Gasteiger partial charge in [-0.05, 0) is 37.1 Å². The van der Waals surface area contributed by atoms with E-state index in [2.05, 4.69) is 49.4 Å². The molecule has 0 amide bonds. The van der Waals surface area contributed by atoms with Gasteiger partial charge in [-0.1, -0.05) is 0 Å². The predicted molar refractivity (Wildman–Crippen MR) is 96.5 cm³/mol. The first-order chi connectivity index (χ1) is 12.4. The van der Waals surface area contributed by atoms with Crippen LogP contribution >= 0.6 is 0 Å². The summed E-state index contributed by atoms with van der Waals surface area (Å²) in [5, 5.41) is 4.25. The number of rotatable bonds is 4. The standard InChI is InChI=1S/C19H18N6/c1-6-22-25(9-1)19-13-17(5-8-21-19)24-11-10-23(14-24)16-4-7-20-18(12-16)15-2-3-15/h1,4-13,15H,2-3,14H2. The van der Waals surface area contributed by atoms with Crippen LogP contribution in [0, 0.1) is 0 Å². The molecule has 4 heterocycles. The molecule has 1 aliphatic heterocycles. The molecular formula is C19H18N6. The van der Waals surface area contributed by atoms with Crippen LogP contribution in [0.15, 0.2) is 67.5 Å². The molecule has 3 aromatic heterocycles. The second-order valence-electron chi connectivity index (χ2n) is 6.42. The average molecular weight is 330 g/mol. The molecule has 1 saturated carbocycles. The second kappa shape index (κ2) is 5.73. The Morgan fingerprint density at radius 3 is 2.36 bits per heavy atom. The summed E-state index contributed by atoms with van der Waals surface area (Å²) in [6, 6.07) is 10.2. The van der Waals surface area contributed by atoms with Crippen LogP contribution in [0.1, 0.15) is 24.5 Å². The van der Waals surface area contributed by atoms with Crippen LogP contribution in [0.25, 0.3) is 5.82 Å². The molecule has 0 atom stereocenters. The molecule has 0 bridgehead atoms. The molecule has 2 aliphatic rings. The minimum atomic E-state index is 0.666. The highest BCUT2D eigenvalue weighted by molar-refractivity contribution is 5.60. The van der Waals surface area contributed by atoms with Crippen LogP contribution in [-0.2, 0) is 0 Å². The van der Waals surface area contributed by atoms with E-state index in [1.54, 1.807) is 10.9 Å². The lowest BCUT2D eigenvalue weighted by atomic mass is 10.2. The van der Waals surface area contributed by atoms with Crippen molar-refractivity contribution in [2.75, 3.05) is 16.5 Å². The molecule has 3 aromatic rings. The van der Waals surface area contributed by atoms with Crippen molar-refractivity contribution in [3.8, 4) is 5.82 Å². The Morgan fingerprint density at radius 1 is 0.880 bits per heavy atom. The van der Waals surface area contributed by atoms with Crippen LogP contribution in [0.3, 0.4) is 0 Å². The zero-order valence-electron chi connectivity index (χ0n) is 13.7. The van der Waals surface area contributed by atoms with Crippen molar-refractivity contribution in [1.82, 2.24) is 19.7 Å². The third-order valence-electron chi connectivity index (χ3n) is 4.62. The Bertz CT molecular complexity index is 913. The van der Waals surface area contributed by atoms with Crippen molar-refractivity contribution in [2.45, 2.75) is 18.8 Å². The van der Waals surface area contributed by atoms with Gasteiger partial charge in [0.2, 0.25) is 0 Å². The molecule has 6 heteroatoms. The van der Waals surface area contributed by atoms with Crippen molar-refractivity contribution in [2.24, 2.45) is 0 Å². The van der Waals surface area contributed by atoms with E-state index in [-0.39, 0.29) is 0 Å². The normalized spacial score (nSPS) is 16.6. The largest absolute Gasteiger partial charge is 0.328 e. The minimum Gasteiger partial charge on any atom is -0.328 e. The first-order valence-electron chi connectivity index (χ1n) is 8.50. The van der Waals surface area contributed by atoms with Gasteiger partial charge in [-0.2, -0.15) is 5.10 Å². The van der Waals surface area contributed by atoms with E-state index < -0.39 is 0 Å². The van der Waals surface area contributed by atoms with E-state index in [4.69, 9.17) is 0 Å². The molecule has 0 N–H and O–H groups in total. The van der Waals surface area contributed by atoms with Crippen LogP contribution < -0.4 is 9.80 Å². The summed E-state index contributed by atoms with van der Waals surface area (Å²) >= 11 is 0. The van der Waals surface area contributed by atoms with Gasteiger partial charge in [-0.3, -0.25) is 4.98 Å². The second-order valence-corrected chi connectivity index (χ2v) is 6.42. The fourth-order valence-electron chi connectivity index (χ4n) is 3.09. The van der Waals surface area contributed by atoms with Crippen molar-refractivity contribution in [1.29, 1.82) is 0 Å². The summed E-state index contributed by atoms with van der Waals surface area (Å²) in [6.45, 7) is 0.774. The quantitative estimate of drug-likeness (QED) is 0.735. The Morgan fingerprint density at radius 2 is 1.64 bits per heavy atom. The maximum Gasteiger partial charge on any atom is 0.155 e. The summed E-state index contributed by atoms with van der Waals surface area (Å²) in [5.74, 6) is 1.48. The number of hydrogen-bond acceptors (Lipinski definition) is 5. The van der Waals surface area contributed by atoms with Gasteiger partial charge in [-0.25, -0.2) is 9.67 Å². The fourth-order valence-corrected chi connectivity index (χ4v) is 3.09. The zero-order valence-corrected chi connectivity index (χ0v) is 13.7. The summed E-state index contributed by atoms with van der Waals surface area (Å²) in [5.41, 5.74) is 3.50. The first kappa shape index (κ1) is 14.2. The van der Waals surface area contributed by atoms with E-state index in [1.807, 2.05) is 36.8 Å². The van der Waals surface area contributed by atoms with E-state index in [9.17, 15) is 0 Å². The van der Waals surface area contributed by atoms with Crippen molar-refractivity contribution in [3.63, 3.8) is 0 Å². The molecule has 0 radical (unpaired) electrons. The molecule has 0 unspecified atom stereocenters. The SMILES string of the molecule is C1=CN(c2ccnc(-n3cccn3)c2)CN1c1ccnc(C2CC2)c1. The highest BCUT2D eigenvalue weighted by atomic mass is 15.3. The van der Waals surface area contributed by atoms with E-state index in [1.165, 1.54) is 24.2 Å². The predicted octanol–water partition coefficient (Wildman–Crippen LogP) is 3.30. The number of pyridine rings is 2. The molecule has 0 aromatic carbocycles. The highest BCUT2D eigenvalue weighted by Gasteiger charge is 2.26. The van der Waals surface area contributed by atoms with Crippen LogP contribution in [0.5, 0.6) is 0 Å². The molecule has 1 fully saturated rings. The number of hydrogen-bond donors (Lipinski definition) is 0. The number of nitrogens with zero attached hydrogens (tertiary/aromatic N) is 6. The topological polar surface area (TPSA) is 50.1 Å². The third kappa shape index (κ3) is 2.76. The van der Waals surface area contributed by atoms with Crippen molar-refractivity contribution < 1.29 is 0 Å². The third-order valence-corrected chi connectivity index (χ3v) is 4.62. The zero-order chi connectivity index (χ0) is 16.6. The Kier molecular flexibility index (Phi) is 3.26. The van der Waals surface area contributed by atoms with E-state index in [0.29, 0.717) is 5.92 Å². The number of aromatic nitrogens is 4. The Hall–Kier alpha value is -3.15. The smallest absolute Gasteiger partial charge is 0.155 e. The highest BCUT2D eigenvalue weighted by Crippen LogP contribution is 2.40. The molecule has 124 valence electrons. The summed E-state index contributed by atoms with van der Waals surface area (Å²) in [4.78, 5) is 13.3. The number of anilines is 2. The molecule has 5 rings (SSSR count). The van der Waals surface area contributed by atoms with Gasteiger partial charge < -0.3 is 9.80 Å². The van der Waals surface area contributed by atoms with E-state index in [0.717, 1.165) is 18.2 Å². The molecular weight excluding hydrogens is 312 g/mol. The fraction of sp³-hybridized carbons (Fsp3) is 0.211. The molecule has 0 saturated heterocycles. The summed E-state index contributed by atoms with van der Waals surface area (Å²) in [7, 11) is 0. The van der Waals surface area contributed by atoms with Crippen LogP contribution in [0.4, 0.5) is 11.4 Å². The summed E-state index contributed by atoms with van der Waals surface area (Å²) in [6.07, 6.45) is 14.1. The van der Waals surface area contributed by atoms with Gasteiger partial charge >= 0.3 is 0 Å². The lowest BCUT2D eigenvalue weighted by molar-refractivity contribution is 0.844. The van der Waals surface area contributed by atoms with Gasteiger partial charge in [-0.15, -0.1) is 0 Å². The lowest BCUT2D eigenvalue weighted by Crippen LogP contribution is -2.24. The Labute approximate surface area is 146 Å². The minimum absolute atomic E-state index is 0.666. The maximum absolute atomic E-state index is 4.51. The van der Waals surface area contributed by atoms with E-state index >= 15 is 0 Å². The lowest BCUT2D eigenvalue weighted by Gasteiger charge is -2.22. The van der Waals surface area contributed by atoms with Crippen molar-refractivity contribution >= 4 is 11.4 Å². The Balaban J connectivity index is 1.37. The van der Waals surface area contributed by atoms with Crippen molar-refractivity contribution in [3.05, 3.63) is 73.2 Å². The van der Waals surface area contributed by atoms with Gasteiger partial charge in [0, 0.05) is 66.2 Å². The van der Waals surface area contributed by atoms with Gasteiger partial charge in [0.05, 0.1) is 6.67 Å². The van der Waals surface area contributed by atoms with Crippen LogP contribution in [0.2, 0.25) is 0 Å². The first-order valence-corrected chi connectivity index (χ1v) is 8.50. The summed E-state index contributed by atoms with van der Waals surface area (Å²) < 4.78 is 1.77. The van der Waals surface area contributed by atoms with Gasteiger partial charge in [0.1, 0.15) is 0 Å².